The lowest BCUT2D eigenvalue weighted by Crippen LogP contribution is -2.12. The van der Waals surface area contributed by atoms with Gasteiger partial charge in [-0.2, -0.15) is 0 Å². The SMILES string of the molecule is C[C@H](Cl)C[C@H](C)OCc1ccccc1. The van der Waals surface area contributed by atoms with Crippen molar-refractivity contribution >= 4 is 11.6 Å². The van der Waals surface area contributed by atoms with E-state index in [4.69, 9.17) is 16.3 Å². The largest absolute Gasteiger partial charge is 0.374 e. The van der Waals surface area contributed by atoms with E-state index >= 15 is 0 Å². The van der Waals surface area contributed by atoms with Crippen molar-refractivity contribution in [1.29, 1.82) is 0 Å². The van der Waals surface area contributed by atoms with Crippen LogP contribution in [-0.4, -0.2) is 11.5 Å². The van der Waals surface area contributed by atoms with Gasteiger partial charge in [-0.15, -0.1) is 11.6 Å². The van der Waals surface area contributed by atoms with Gasteiger partial charge in [0.25, 0.3) is 0 Å². The number of benzene rings is 1. The third-order valence-electron chi connectivity index (χ3n) is 2.03. The Balaban J connectivity index is 2.27. The summed E-state index contributed by atoms with van der Waals surface area (Å²) in [4.78, 5) is 0. The highest BCUT2D eigenvalue weighted by Gasteiger charge is 2.06. The molecule has 0 aliphatic rings. The average Bonchev–Trinajstić information content (AvgIpc) is 2.15. The Morgan fingerprint density at radius 3 is 2.43 bits per heavy atom. The summed E-state index contributed by atoms with van der Waals surface area (Å²) in [6.07, 6.45) is 1.12. The van der Waals surface area contributed by atoms with Crippen molar-refractivity contribution in [3.05, 3.63) is 35.9 Å². The molecule has 14 heavy (non-hydrogen) atoms. The second-order valence-electron chi connectivity index (χ2n) is 3.62. The summed E-state index contributed by atoms with van der Waals surface area (Å²) in [5.74, 6) is 0. The van der Waals surface area contributed by atoms with Gasteiger partial charge < -0.3 is 4.74 Å². The minimum Gasteiger partial charge on any atom is -0.374 e. The molecule has 0 unspecified atom stereocenters. The summed E-state index contributed by atoms with van der Waals surface area (Å²) >= 11 is 5.87. The zero-order chi connectivity index (χ0) is 10.4. The summed E-state index contributed by atoms with van der Waals surface area (Å²) < 4.78 is 5.65. The van der Waals surface area contributed by atoms with E-state index in [2.05, 4.69) is 19.1 Å². The number of hydrogen-bond donors (Lipinski definition) is 0. The first-order chi connectivity index (χ1) is 6.68. The molecule has 0 amide bonds. The number of hydrogen-bond acceptors (Lipinski definition) is 1. The quantitative estimate of drug-likeness (QED) is 0.678. The average molecular weight is 213 g/mol. The van der Waals surface area contributed by atoms with Crippen LogP contribution < -0.4 is 0 Å². The maximum atomic E-state index is 5.87. The smallest absolute Gasteiger partial charge is 0.0720 e. The zero-order valence-electron chi connectivity index (χ0n) is 8.74. The van der Waals surface area contributed by atoms with Crippen molar-refractivity contribution < 1.29 is 4.74 Å². The number of halogens is 1. The van der Waals surface area contributed by atoms with Gasteiger partial charge >= 0.3 is 0 Å². The zero-order valence-corrected chi connectivity index (χ0v) is 9.50. The van der Waals surface area contributed by atoms with Crippen molar-refractivity contribution in [3.8, 4) is 0 Å². The highest BCUT2D eigenvalue weighted by atomic mass is 35.5. The van der Waals surface area contributed by atoms with Crippen LogP contribution in [0.3, 0.4) is 0 Å². The minimum absolute atomic E-state index is 0.181. The summed E-state index contributed by atoms with van der Waals surface area (Å²) in [6, 6.07) is 10.2. The Morgan fingerprint density at radius 1 is 1.21 bits per heavy atom. The van der Waals surface area contributed by atoms with E-state index in [0.29, 0.717) is 6.61 Å². The fourth-order valence-electron chi connectivity index (χ4n) is 1.34. The van der Waals surface area contributed by atoms with Gasteiger partial charge in [-0.1, -0.05) is 30.3 Å². The van der Waals surface area contributed by atoms with Gasteiger partial charge in [-0.25, -0.2) is 0 Å². The highest BCUT2D eigenvalue weighted by Crippen LogP contribution is 2.10. The van der Waals surface area contributed by atoms with Gasteiger partial charge in [0.05, 0.1) is 12.7 Å². The molecule has 0 spiro atoms. The van der Waals surface area contributed by atoms with E-state index in [1.165, 1.54) is 5.56 Å². The molecule has 0 aliphatic heterocycles. The van der Waals surface area contributed by atoms with Gasteiger partial charge in [0.15, 0.2) is 0 Å². The van der Waals surface area contributed by atoms with Crippen molar-refractivity contribution in [2.75, 3.05) is 0 Å². The van der Waals surface area contributed by atoms with Gasteiger partial charge in [0.2, 0.25) is 0 Å². The standard InChI is InChI=1S/C12H17ClO/c1-10(13)8-11(2)14-9-12-6-4-3-5-7-12/h3-7,10-11H,8-9H2,1-2H3/t10-,11-/m0/s1. The molecule has 0 N–H and O–H groups in total. The molecule has 1 nitrogen and oxygen atoms in total. The third kappa shape index (κ3) is 4.64. The van der Waals surface area contributed by atoms with Crippen LogP contribution in [-0.2, 0) is 11.3 Å². The van der Waals surface area contributed by atoms with Crippen LogP contribution in [0.4, 0.5) is 0 Å². The molecule has 0 heterocycles. The molecule has 0 radical (unpaired) electrons. The molecule has 2 atom stereocenters. The van der Waals surface area contributed by atoms with Crippen LogP contribution in [0.2, 0.25) is 0 Å². The van der Waals surface area contributed by atoms with Crippen LogP contribution in [0.5, 0.6) is 0 Å². The van der Waals surface area contributed by atoms with Crippen molar-refractivity contribution in [3.63, 3.8) is 0 Å². The summed E-state index contributed by atoms with van der Waals surface area (Å²) in [6.45, 7) is 4.72. The van der Waals surface area contributed by atoms with Crippen molar-refractivity contribution in [2.24, 2.45) is 0 Å². The normalized spacial score (nSPS) is 15.1. The van der Waals surface area contributed by atoms with Crippen LogP contribution in [0.25, 0.3) is 0 Å². The van der Waals surface area contributed by atoms with E-state index in [9.17, 15) is 0 Å². The summed E-state index contributed by atoms with van der Waals surface area (Å²) in [5, 5.41) is 0.181. The summed E-state index contributed by atoms with van der Waals surface area (Å²) in [5.41, 5.74) is 1.21. The Hall–Kier alpha value is -0.530. The molecule has 1 rings (SSSR count). The van der Waals surface area contributed by atoms with E-state index in [1.54, 1.807) is 0 Å². The Kier molecular flexibility index (Phi) is 4.99. The van der Waals surface area contributed by atoms with E-state index in [-0.39, 0.29) is 11.5 Å². The maximum absolute atomic E-state index is 5.87. The van der Waals surface area contributed by atoms with Crippen LogP contribution in [0, 0.1) is 0 Å². The molecule has 1 aromatic rings. The molecular formula is C12H17ClO. The monoisotopic (exact) mass is 212 g/mol. The Bertz CT molecular complexity index is 246. The first-order valence-electron chi connectivity index (χ1n) is 4.98. The van der Waals surface area contributed by atoms with Crippen LogP contribution in [0.1, 0.15) is 25.8 Å². The van der Waals surface area contributed by atoms with Gasteiger partial charge in [0, 0.05) is 5.38 Å². The fourth-order valence-corrected chi connectivity index (χ4v) is 1.59. The first-order valence-corrected chi connectivity index (χ1v) is 5.41. The van der Waals surface area contributed by atoms with Gasteiger partial charge in [-0.3, -0.25) is 0 Å². The van der Waals surface area contributed by atoms with E-state index in [0.717, 1.165) is 6.42 Å². The number of ether oxygens (including phenoxy) is 1. The molecule has 0 aliphatic carbocycles. The molecule has 1 aromatic carbocycles. The first kappa shape index (κ1) is 11.5. The lowest BCUT2D eigenvalue weighted by molar-refractivity contribution is 0.0478. The van der Waals surface area contributed by atoms with Crippen LogP contribution in [0.15, 0.2) is 30.3 Å². The number of alkyl halides is 1. The van der Waals surface area contributed by atoms with Gasteiger partial charge in [-0.05, 0) is 25.8 Å². The van der Waals surface area contributed by atoms with Crippen molar-refractivity contribution in [2.45, 2.75) is 38.4 Å². The maximum Gasteiger partial charge on any atom is 0.0720 e. The predicted molar refractivity (Wildman–Crippen MR) is 60.6 cm³/mol. The molecule has 0 saturated carbocycles. The fraction of sp³-hybridized carbons (Fsp3) is 0.500. The molecule has 0 saturated heterocycles. The lowest BCUT2D eigenvalue weighted by Gasteiger charge is -2.14. The predicted octanol–water partition coefficient (Wildman–Crippen LogP) is 3.61. The number of rotatable bonds is 5. The molecule has 2 heteroatoms. The van der Waals surface area contributed by atoms with Gasteiger partial charge in [0.1, 0.15) is 0 Å². The Labute approximate surface area is 91.0 Å². The third-order valence-corrected chi connectivity index (χ3v) is 2.21. The van der Waals surface area contributed by atoms with Crippen LogP contribution >= 0.6 is 11.6 Å². The lowest BCUT2D eigenvalue weighted by atomic mass is 10.2. The molecule has 0 fully saturated rings. The molecule has 0 bridgehead atoms. The topological polar surface area (TPSA) is 9.23 Å². The second-order valence-corrected chi connectivity index (χ2v) is 4.37. The Morgan fingerprint density at radius 2 is 1.86 bits per heavy atom. The van der Waals surface area contributed by atoms with Crippen molar-refractivity contribution in [1.82, 2.24) is 0 Å². The summed E-state index contributed by atoms with van der Waals surface area (Å²) in [7, 11) is 0. The highest BCUT2D eigenvalue weighted by molar-refractivity contribution is 6.20. The second kappa shape index (κ2) is 6.05. The van der Waals surface area contributed by atoms with E-state index < -0.39 is 0 Å². The molecule has 78 valence electrons. The molecular weight excluding hydrogens is 196 g/mol. The van der Waals surface area contributed by atoms with E-state index in [1.807, 2.05) is 25.1 Å². The minimum atomic E-state index is 0.181. The molecule has 0 aromatic heterocycles.